The van der Waals surface area contributed by atoms with Crippen molar-refractivity contribution in [2.24, 2.45) is 0 Å². The molecule has 2 nitrogen and oxygen atoms in total. The predicted molar refractivity (Wildman–Crippen MR) is 56.6 cm³/mol. The summed E-state index contributed by atoms with van der Waals surface area (Å²) in [6.07, 6.45) is 0. The molecule has 1 rings (SSSR count). The molecular weight excluding hydrogens is 176 g/mol. The van der Waals surface area contributed by atoms with Crippen molar-refractivity contribution < 1.29 is 9.90 Å². The molecule has 0 saturated carbocycles. The van der Waals surface area contributed by atoms with E-state index in [-0.39, 0.29) is 0 Å². The van der Waals surface area contributed by atoms with Gasteiger partial charge in [-0.3, -0.25) is 4.79 Å². The fourth-order valence-corrected chi connectivity index (χ4v) is 1.54. The van der Waals surface area contributed by atoms with E-state index in [1.807, 2.05) is 32.0 Å². The van der Waals surface area contributed by atoms with Gasteiger partial charge in [0, 0.05) is 0 Å². The van der Waals surface area contributed by atoms with Crippen LogP contribution in [0.25, 0.3) is 0 Å². The number of carbonyl (C=O) groups is 1. The second-order valence-electron chi connectivity index (χ2n) is 4.18. The minimum Gasteiger partial charge on any atom is -0.481 e. The zero-order chi connectivity index (χ0) is 10.9. The standard InChI is InChI=1S/C12H16O2/c1-8-6-5-7-10(9(8)2)12(3,4)11(13)14/h5-7H,1-4H3,(H,13,14). The first kappa shape index (κ1) is 10.8. The van der Waals surface area contributed by atoms with E-state index in [2.05, 4.69) is 0 Å². The molecule has 0 unspecified atom stereocenters. The van der Waals surface area contributed by atoms with E-state index in [9.17, 15) is 4.79 Å². The molecule has 0 radical (unpaired) electrons. The second kappa shape index (κ2) is 3.45. The van der Waals surface area contributed by atoms with E-state index in [1.165, 1.54) is 0 Å². The van der Waals surface area contributed by atoms with E-state index < -0.39 is 11.4 Å². The van der Waals surface area contributed by atoms with Crippen LogP contribution in [0.3, 0.4) is 0 Å². The monoisotopic (exact) mass is 192 g/mol. The van der Waals surface area contributed by atoms with Crippen molar-refractivity contribution in [3.63, 3.8) is 0 Å². The lowest BCUT2D eigenvalue weighted by Gasteiger charge is -2.22. The lowest BCUT2D eigenvalue weighted by Crippen LogP contribution is -2.29. The second-order valence-corrected chi connectivity index (χ2v) is 4.18. The zero-order valence-electron chi connectivity index (χ0n) is 9.09. The van der Waals surface area contributed by atoms with Crippen LogP contribution in [0.2, 0.25) is 0 Å². The largest absolute Gasteiger partial charge is 0.481 e. The van der Waals surface area contributed by atoms with Crippen molar-refractivity contribution in [2.45, 2.75) is 33.1 Å². The number of carboxylic acids is 1. The SMILES string of the molecule is Cc1cccc(C(C)(C)C(=O)O)c1C. The van der Waals surface area contributed by atoms with Gasteiger partial charge in [0.05, 0.1) is 5.41 Å². The Balaban J connectivity index is 3.33. The molecule has 0 bridgehead atoms. The molecular formula is C12H16O2. The van der Waals surface area contributed by atoms with Crippen LogP contribution in [0, 0.1) is 13.8 Å². The summed E-state index contributed by atoms with van der Waals surface area (Å²) in [7, 11) is 0. The highest BCUT2D eigenvalue weighted by Crippen LogP contribution is 2.27. The fourth-order valence-electron chi connectivity index (χ4n) is 1.54. The molecule has 0 fully saturated rings. The first-order valence-corrected chi connectivity index (χ1v) is 4.67. The highest BCUT2D eigenvalue weighted by Gasteiger charge is 2.30. The van der Waals surface area contributed by atoms with Crippen molar-refractivity contribution in [3.05, 3.63) is 34.9 Å². The van der Waals surface area contributed by atoms with Crippen molar-refractivity contribution in [1.29, 1.82) is 0 Å². The van der Waals surface area contributed by atoms with Gasteiger partial charge in [-0.2, -0.15) is 0 Å². The molecule has 0 heterocycles. The van der Waals surface area contributed by atoms with E-state index in [4.69, 9.17) is 5.11 Å². The number of hydrogen-bond acceptors (Lipinski definition) is 1. The van der Waals surface area contributed by atoms with Gasteiger partial charge in [-0.25, -0.2) is 0 Å². The summed E-state index contributed by atoms with van der Waals surface area (Å²) in [5, 5.41) is 9.11. The number of aliphatic carboxylic acids is 1. The Kier molecular flexibility index (Phi) is 2.65. The summed E-state index contributed by atoms with van der Waals surface area (Å²) in [6, 6.07) is 5.79. The van der Waals surface area contributed by atoms with Crippen LogP contribution in [0.15, 0.2) is 18.2 Å². The summed E-state index contributed by atoms with van der Waals surface area (Å²) in [5.74, 6) is -0.786. The molecule has 0 atom stereocenters. The van der Waals surface area contributed by atoms with Gasteiger partial charge in [0.25, 0.3) is 0 Å². The van der Waals surface area contributed by atoms with Gasteiger partial charge in [-0.05, 0) is 44.4 Å². The quantitative estimate of drug-likeness (QED) is 0.782. The maximum Gasteiger partial charge on any atom is 0.313 e. The van der Waals surface area contributed by atoms with Crippen molar-refractivity contribution >= 4 is 5.97 Å². The Bertz CT molecular complexity index is 365. The van der Waals surface area contributed by atoms with Crippen LogP contribution < -0.4 is 0 Å². The van der Waals surface area contributed by atoms with Gasteiger partial charge >= 0.3 is 5.97 Å². The third-order valence-electron chi connectivity index (χ3n) is 2.81. The van der Waals surface area contributed by atoms with E-state index in [1.54, 1.807) is 13.8 Å². The first-order valence-electron chi connectivity index (χ1n) is 4.67. The summed E-state index contributed by atoms with van der Waals surface area (Å²) in [5.41, 5.74) is 2.29. The first-order chi connectivity index (χ1) is 6.37. The molecule has 0 amide bonds. The Hall–Kier alpha value is -1.31. The average Bonchev–Trinajstić information content (AvgIpc) is 2.09. The number of aryl methyl sites for hydroxylation is 1. The van der Waals surface area contributed by atoms with Gasteiger partial charge in [-0.1, -0.05) is 18.2 Å². The van der Waals surface area contributed by atoms with Crippen LogP contribution >= 0.6 is 0 Å². The average molecular weight is 192 g/mol. The van der Waals surface area contributed by atoms with Gasteiger partial charge in [-0.15, -0.1) is 0 Å². The molecule has 0 aliphatic heterocycles. The van der Waals surface area contributed by atoms with Gasteiger partial charge in [0.2, 0.25) is 0 Å². The summed E-state index contributed by atoms with van der Waals surface area (Å²) in [4.78, 5) is 11.1. The van der Waals surface area contributed by atoms with Crippen LogP contribution in [0.1, 0.15) is 30.5 Å². The molecule has 0 aromatic heterocycles. The lowest BCUT2D eigenvalue weighted by atomic mass is 9.81. The zero-order valence-corrected chi connectivity index (χ0v) is 9.09. The van der Waals surface area contributed by atoms with E-state index in [0.29, 0.717) is 0 Å². The minimum absolute atomic E-state index is 0.786. The molecule has 1 N–H and O–H groups in total. The van der Waals surface area contributed by atoms with Crippen LogP contribution in [0.5, 0.6) is 0 Å². The summed E-state index contributed by atoms with van der Waals surface area (Å²) >= 11 is 0. The third-order valence-corrected chi connectivity index (χ3v) is 2.81. The number of carboxylic acid groups (broad SMARTS) is 1. The smallest absolute Gasteiger partial charge is 0.313 e. The molecule has 1 aromatic carbocycles. The molecule has 14 heavy (non-hydrogen) atoms. The molecule has 0 aliphatic rings. The predicted octanol–water partition coefficient (Wildman–Crippen LogP) is 2.67. The van der Waals surface area contributed by atoms with Gasteiger partial charge < -0.3 is 5.11 Å². The Morgan fingerprint density at radius 3 is 2.36 bits per heavy atom. The normalized spacial score (nSPS) is 11.4. The maximum absolute atomic E-state index is 11.1. The highest BCUT2D eigenvalue weighted by atomic mass is 16.4. The van der Waals surface area contributed by atoms with Crippen molar-refractivity contribution in [2.75, 3.05) is 0 Å². The minimum atomic E-state index is -0.809. The van der Waals surface area contributed by atoms with Crippen LogP contribution in [0.4, 0.5) is 0 Å². The highest BCUT2D eigenvalue weighted by molar-refractivity contribution is 5.80. The molecule has 0 spiro atoms. The van der Waals surface area contributed by atoms with Crippen LogP contribution in [-0.2, 0) is 10.2 Å². The van der Waals surface area contributed by atoms with E-state index in [0.717, 1.165) is 16.7 Å². The Labute approximate surface area is 84.6 Å². The number of rotatable bonds is 2. The molecule has 0 aliphatic carbocycles. The fraction of sp³-hybridized carbons (Fsp3) is 0.417. The Morgan fingerprint density at radius 2 is 1.86 bits per heavy atom. The summed E-state index contributed by atoms with van der Waals surface area (Å²) < 4.78 is 0. The lowest BCUT2D eigenvalue weighted by molar-refractivity contribution is -0.142. The number of hydrogen-bond donors (Lipinski definition) is 1. The van der Waals surface area contributed by atoms with Crippen molar-refractivity contribution in [1.82, 2.24) is 0 Å². The third kappa shape index (κ3) is 1.65. The topological polar surface area (TPSA) is 37.3 Å². The maximum atomic E-state index is 11.1. The molecule has 2 heteroatoms. The van der Waals surface area contributed by atoms with Gasteiger partial charge in [0.1, 0.15) is 0 Å². The molecule has 0 saturated heterocycles. The number of benzene rings is 1. The van der Waals surface area contributed by atoms with Crippen LogP contribution in [-0.4, -0.2) is 11.1 Å². The molecule has 76 valence electrons. The van der Waals surface area contributed by atoms with Crippen molar-refractivity contribution in [3.8, 4) is 0 Å². The van der Waals surface area contributed by atoms with Gasteiger partial charge in [0.15, 0.2) is 0 Å². The Morgan fingerprint density at radius 1 is 1.29 bits per heavy atom. The molecule has 1 aromatic rings. The summed E-state index contributed by atoms with van der Waals surface area (Å²) in [6.45, 7) is 7.43. The van der Waals surface area contributed by atoms with E-state index >= 15 is 0 Å².